The molecule has 0 aliphatic rings. The van der Waals surface area contributed by atoms with Gasteiger partial charge in [0.1, 0.15) is 5.82 Å². The van der Waals surface area contributed by atoms with Gasteiger partial charge in [-0.1, -0.05) is 0 Å². The zero-order chi connectivity index (χ0) is 12.5. The highest BCUT2D eigenvalue weighted by atomic mass is 32.1. The summed E-state index contributed by atoms with van der Waals surface area (Å²) >= 11 is 3.59. The highest BCUT2D eigenvalue weighted by molar-refractivity contribution is 7.17. The van der Waals surface area contributed by atoms with Crippen LogP contribution in [0.25, 0.3) is 10.1 Å². The second-order valence-electron chi connectivity index (χ2n) is 4.31. The van der Waals surface area contributed by atoms with Gasteiger partial charge in [0.05, 0.1) is 6.04 Å². The summed E-state index contributed by atoms with van der Waals surface area (Å²) in [6, 6.07) is 8.83. The minimum Gasteiger partial charge on any atom is -0.362 e. The van der Waals surface area contributed by atoms with Crippen molar-refractivity contribution in [3.8, 4) is 0 Å². The summed E-state index contributed by atoms with van der Waals surface area (Å²) in [4.78, 5) is 7.15. The van der Waals surface area contributed by atoms with Gasteiger partial charge >= 0.3 is 0 Å². The van der Waals surface area contributed by atoms with Gasteiger partial charge < -0.3 is 5.32 Å². The topological polar surface area (TPSA) is 24.9 Å². The number of aromatic nitrogens is 1. The summed E-state index contributed by atoms with van der Waals surface area (Å²) in [6.45, 7) is 4.32. The van der Waals surface area contributed by atoms with E-state index in [0.717, 1.165) is 5.82 Å². The van der Waals surface area contributed by atoms with E-state index < -0.39 is 0 Å². The highest BCUT2D eigenvalue weighted by Crippen LogP contribution is 2.30. The number of thiophene rings is 2. The monoisotopic (exact) mass is 274 g/mol. The first-order valence-electron chi connectivity index (χ1n) is 5.89. The van der Waals surface area contributed by atoms with Crippen LogP contribution in [0.3, 0.4) is 0 Å². The molecule has 0 aliphatic carbocycles. The number of rotatable bonds is 3. The number of nitrogens with one attached hydrogen (secondary N) is 1. The molecule has 0 aromatic carbocycles. The molecule has 92 valence electrons. The van der Waals surface area contributed by atoms with Gasteiger partial charge in [-0.15, -0.1) is 22.7 Å². The molecule has 0 aliphatic heterocycles. The first kappa shape index (κ1) is 11.7. The Morgan fingerprint density at radius 2 is 2.11 bits per heavy atom. The van der Waals surface area contributed by atoms with E-state index in [4.69, 9.17) is 0 Å². The third-order valence-electron chi connectivity index (χ3n) is 2.92. The summed E-state index contributed by atoms with van der Waals surface area (Å²) in [6.07, 6.45) is 1.87. The zero-order valence-electron chi connectivity index (χ0n) is 10.3. The zero-order valence-corrected chi connectivity index (χ0v) is 11.9. The molecule has 0 fully saturated rings. The fourth-order valence-electron chi connectivity index (χ4n) is 1.97. The molecule has 3 rings (SSSR count). The van der Waals surface area contributed by atoms with Gasteiger partial charge in [0.15, 0.2) is 0 Å². The van der Waals surface area contributed by atoms with Crippen molar-refractivity contribution in [2.45, 2.75) is 19.9 Å². The van der Waals surface area contributed by atoms with Crippen molar-refractivity contribution in [2.75, 3.05) is 5.32 Å². The molecule has 0 saturated carbocycles. The summed E-state index contributed by atoms with van der Waals surface area (Å²) < 4.78 is 1.28. The molecule has 0 amide bonds. The van der Waals surface area contributed by atoms with Crippen molar-refractivity contribution in [3.63, 3.8) is 0 Å². The minimum absolute atomic E-state index is 0.293. The van der Waals surface area contributed by atoms with Crippen molar-refractivity contribution in [1.29, 1.82) is 0 Å². The second kappa shape index (κ2) is 4.71. The maximum Gasteiger partial charge on any atom is 0.135 e. The van der Waals surface area contributed by atoms with Gasteiger partial charge in [-0.2, -0.15) is 0 Å². The first-order chi connectivity index (χ1) is 8.74. The van der Waals surface area contributed by atoms with Crippen molar-refractivity contribution >= 4 is 38.6 Å². The minimum atomic E-state index is 0.293. The van der Waals surface area contributed by atoms with Gasteiger partial charge in [0, 0.05) is 26.0 Å². The summed E-state index contributed by atoms with van der Waals surface area (Å²) in [5, 5.41) is 6.83. The van der Waals surface area contributed by atoms with Crippen molar-refractivity contribution in [3.05, 3.63) is 45.6 Å². The number of anilines is 1. The fraction of sp³-hybridized carbons (Fsp3) is 0.214. The lowest BCUT2D eigenvalue weighted by Crippen LogP contribution is -2.06. The van der Waals surface area contributed by atoms with Crippen molar-refractivity contribution < 1.29 is 0 Å². The van der Waals surface area contributed by atoms with Crippen LogP contribution in [-0.2, 0) is 0 Å². The molecule has 3 aromatic heterocycles. The smallest absolute Gasteiger partial charge is 0.135 e. The number of hydrogen-bond donors (Lipinski definition) is 1. The molecule has 0 saturated heterocycles. The van der Waals surface area contributed by atoms with Crippen molar-refractivity contribution in [2.24, 2.45) is 0 Å². The Balaban J connectivity index is 1.90. The van der Waals surface area contributed by atoms with Crippen LogP contribution in [0.4, 0.5) is 5.82 Å². The van der Waals surface area contributed by atoms with Crippen LogP contribution >= 0.6 is 22.7 Å². The summed E-state index contributed by atoms with van der Waals surface area (Å²) in [5.74, 6) is 0.979. The lowest BCUT2D eigenvalue weighted by molar-refractivity contribution is 0.900. The van der Waals surface area contributed by atoms with Gasteiger partial charge in [-0.05, 0) is 43.5 Å². The van der Waals surface area contributed by atoms with Crippen LogP contribution in [-0.4, -0.2) is 4.98 Å². The molecule has 1 N–H and O–H groups in total. The fourth-order valence-corrected chi connectivity index (χ4v) is 3.63. The van der Waals surface area contributed by atoms with E-state index in [1.54, 1.807) is 11.3 Å². The van der Waals surface area contributed by atoms with E-state index in [9.17, 15) is 0 Å². The molecule has 3 aromatic rings. The Morgan fingerprint density at radius 1 is 1.22 bits per heavy atom. The van der Waals surface area contributed by atoms with Crippen LogP contribution in [0.2, 0.25) is 0 Å². The van der Waals surface area contributed by atoms with Crippen molar-refractivity contribution in [1.82, 2.24) is 4.98 Å². The van der Waals surface area contributed by atoms with E-state index >= 15 is 0 Å². The van der Waals surface area contributed by atoms with E-state index in [1.807, 2.05) is 17.5 Å². The van der Waals surface area contributed by atoms with Crippen LogP contribution in [0, 0.1) is 6.92 Å². The maximum atomic E-state index is 4.45. The van der Waals surface area contributed by atoms with E-state index in [0.29, 0.717) is 6.04 Å². The molecular formula is C14H14N2S2. The van der Waals surface area contributed by atoms with Crippen LogP contribution in [0.1, 0.15) is 22.7 Å². The lowest BCUT2D eigenvalue weighted by atomic mass is 10.2. The third-order valence-corrected chi connectivity index (χ3v) is 4.99. The Kier molecular flexibility index (Phi) is 3.06. The molecule has 3 heterocycles. The van der Waals surface area contributed by atoms with E-state index in [2.05, 4.69) is 53.8 Å². The largest absolute Gasteiger partial charge is 0.362 e. The third kappa shape index (κ3) is 2.13. The Hall–Kier alpha value is -1.39. The predicted octanol–water partition coefficient (Wildman–Crippen LogP) is 4.84. The predicted molar refractivity (Wildman–Crippen MR) is 80.7 cm³/mol. The Morgan fingerprint density at radius 3 is 2.89 bits per heavy atom. The van der Waals surface area contributed by atoms with Crippen LogP contribution < -0.4 is 5.32 Å². The molecule has 0 radical (unpaired) electrons. The number of hydrogen-bond acceptors (Lipinski definition) is 4. The first-order valence-corrected chi connectivity index (χ1v) is 7.59. The molecule has 4 heteroatoms. The standard InChI is InChI=1S/C14H14N2S2/c1-9-3-4-12(18-9)10(2)16-14-11-6-8-17-13(11)5-7-15-14/h3-8,10H,1-2H3,(H,15,16). The summed E-state index contributed by atoms with van der Waals surface area (Å²) in [5.41, 5.74) is 0. The molecular weight excluding hydrogens is 260 g/mol. The van der Waals surface area contributed by atoms with Crippen LogP contribution in [0.15, 0.2) is 35.8 Å². The number of nitrogens with zero attached hydrogens (tertiary/aromatic N) is 1. The Bertz CT molecular complexity index is 669. The van der Waals surface area contributed by atoms with Gasteiger partial charge in [-0.25, -0.2) is 4.98 Å². The number of aryl methyl sites for hydroxylation is 1. The summed E-state index contributed by atoms with van der Waals surface area (Å²) in [7, 11) is 0. The van der Waals surface area contributed by atoms with Crippen LogP contribution in [0.5, 0.6) is 0 Å². The average molecular weight is 274 g/mol. The molecule has 1 atom stereocenters. The van der Waals surface area contributed by atoms with Gasteiger partial charge in [0.2, 0.25) is 0 Å². The van der Waals surface area contributed by atoms with E-state index in [1.165, 1.54) is 19.8 Å². The molecule has 1 unspecified atom stereocenters. The lowest BCUT2D eigenvalue weighted by Gasteiger charge is -2.13. The van der Waals surface area contributed by atoms with Gasteiger partial charge in [0.25, 0.3) is 0 Å². The SMILES string of the molecule is Cc1ccc(C(C)Nc2nccc3sccc23)s1. The normalized spacial score (nSPS) is 12.8. The molecule has 0 bridgehead atoms. The molecule has 0 spiro atoms. The second-order valence-corrected chi connectivity index (χ2v) is 6.57. The average Bonchev–Trinajstić information content (AvgIpc) is 2.97. The maximum absolute atomic E-state index is 4.45. The Labute approximate surface area is 114 Å². The molecule has 2 nitrogen and oxygen atoms in total. The highest BCUT2D eigenvalue weighted by Gasteiger charge is 2.10. The van der Waals surface area contributed by atoms with Gasteiger partial charge in [-0.3, -0.25) is 0 Å². The number of fused-ring (bicyclic) bond motifs is 1. The van der Waals surface area contributed by atoms with E-state index in [-0.39, 0.29) is 0 Å². The quantitative estimate of drug-likeness (QED) is 0.739. The number of pyridine rings is 1. The molecule has 18 heavy (non-hydrogen) atoms.